The van der Waals surface area contributed by atoms with Gasteiger partial charge in [0.2, 0.25) is 0 Å². The number of ether oxygens (including phenoxy) is 1. The molecule has 22 heavy (non-hydrogen) atoms. The van der Waals surface area contributed by atoms with Crippen molar-refractivity contribution in [2.24, 2.45) is 0 Å². The molecule has 0 aliphatic rings. The third-order valence-corrected chi connectivity index (χ3v) is 3.34. The Labute approximate surface area is 130 Å². The number of esters is 1. The van der Waals surface area contributed by atoms with Crippen LogP contribution in [0.3, 0.4) is 0 Å². The van der Waals surface area contributed by atoms with Crippen LogP contribution in [0.2, 0.25) is 0 Å². The topological polar surface area (TPSA) is 46.6 Å². The van der Waals surface area contributed by atoms with Crippen molar-refractivity contribution in [1.29, 1.82) is 0 Å². The second kappa shape index (κ2) is 6.89. The predicted molar refractivity (Wildman–Crippen MR) is 86.3 cm³/mol. The van der Waals surface area contributed by atoms with Crippen LogP contribution in [0.5, 0.6) is 5.75 Å². The first-order valence-corrected chi connectivity index (χ1v) is 7.19. The summed E-state index contributed by atoms with van der Waals surface area (Å²) < 4.78 is 5.14. The first-order chi connectivity index (χ1) is 10.5. The zero-order chi connectivity index (χ0) is 16.1. The van der Waals surface area contributed by atoms with Crippen LogP contribution < -0.4 is 9.64 Å². The Bertz CT molecular complexity index is 694. The van der Waals surface area contributed by atoms with Gasteiger partial charge in [-0.25, -0.2) is 0 Å². The number of hydrogen-bond donors (Lipinski definition) is 0. The van der Waals surface area contributed by atoms with Gasteiger partial charge in [0.1, 0.15) is 5.75 Å². The van der Waals surface area contributed by atoms with E-state index >= 15 is 0 Å². The number of nitrogens with zero attached hydrogens (tertiary/aromatic N) is 1. The van der Waals surface area contributed by atoms with Crippen LogP contribution in [0.1, 0.15) is 29.8 Å². The number of carbonyl (C=O) groups excluding carboxylic acids is 2. The lowest BCUT2D eigenvalue weighted by molar-refractivity contribution is -0.131. The third kappa shape index (κ3) is 3.34. The van der Waals surface area contributed by atoms with E-state index in [9.17, 15) is 9.59 Å². The van der Waals surface area contributed by atoms with Crippen molar-refractivity contribution in [3.8, 4) is 5.75 Å². The number of para-hydroxylation sites is 2. The molecule has 0 atom stereocenters. The molecule has 0 aliphatic carbocycles. The minimum Gasteiger partial charge on any atom is -0.426 e. The quantitative estimate of drug-likeness (QED) is 0.640. The fourth-order valence-corrected chi connectivity index (χ4v) is 2.32. The zero-order valence-corrected chi connectivity index (χ0v) is 13.0. The summed E-state index contributed by atoms with van der Waals surface area (Å²) >= 11 is 0. The molecular formula is C18H19NO3. The van der Waals surface area contributed by atoms with Crippen molar-refractivity contribution in [3.05, 3.63) is 59.7 Å². The average Bonchev–Trinajstić information content (AvgIpc) is 2.49. The van der Waals surface area contributed by atoms with Crippen LogP contribution in [-0.4, -0.2) is 18.4 Å². The van der Waals surface area contributed by atoms with Gasteiger partial charge in [-0.15, -0.1) is 0 Å². The number of anilines is 1. The Morgan fingerprint density at radius 1 is 1.05 bits per heavy atom. The molecule has 0 heterocycles. The summed E-state index contributed by atoms with van der Waals surface area (Å²) in [4.78, 5) is 25.7. The second-order valence-electron chi connectivity index (χ2n) is 4.93. The van der Waals surface area contributed by atoms with Crippen molar-refractivity contribution in [2.45, 2.75) is 20.8 Å². The molecule has 114 valence electrons. The van der Waals surface area contributed by atoms with Crippen molar-refractivity contribution in [2.75, 3.05) is 11.4 Å². The summed E-state index contributed by atoms with van der Waals surface area (Å²) in [5.74, 6) is -0.347. The molecule has 4 heteroatoms. The summed E-state index contributed by atoms with van der Waals surface area (Å²) in [6.07, 6.45) is 0. The van der Waals surface area contributed by atoms with Crippen LogP contribution in [-0.2, 0) is 4.79 Å². The molecule has 0 bridgehead atoms. The zero-order valence-electron chi connectivity index (χ0n) is 13.0. The minimum atomic E-state index is -0.445. The fourth-order valence-electron chi connectivity index (χ4n) is 2.32. The molecule has 0 radical (unpaired) electrons. The normalized spacial score (nSPS) is 10.1. The molecule has 0 fully saturated rings. The monoisotopic (exact) mass is 297 g/mol. The van der Waals surface area contributed by atoms with E-state index < -0.39 is 5.97 Å². The van der Waals surface area contributed by atoms with Crippen molar-refractivity contribution in [1.82, 2.24) is 0 Å². The van der Waals surface area contributed by atoms with E-state index in [1.54, 1.807) is 29.2 Å². The van der Waals surface area contributed by atoms with Gasteiger partial charge in [0, 0.05) is 19.2 Å². The molecule has 0 saturated heterocycles. The molecule has 0 unspecified atom stereocenters. The number of amides is 1. The molecule has 0 saturated carbocycles. The second-order valence-corrected chi connectivity index (χ2v) is 4.93. The first-order valence-electron chi connectivity index (χ1n) is 7.19. The van der Waals surface area contributed by atoms with Gasteiger partial charge >= 0.3 is 5.97 Å². The van der Waals surface area contributed by atoms with Gasteiger partial charge in [0.15, 0.2) is 0 Å². The van der Waals surface area contributed by atoms with Crippen LogP contribution in [0.15, 0.2) is 48.5 Å². The molecule has 2 rings (SSSR count). The van der Waals surface area contributed by atoms with Crippen molar-refractivity contribution >= 4 is 17.6 Å². The van der Waals surface area contributed by atoms with E-state index in [0.29, 0.717) is 12.1 Å². The number of benzene rings is 2. The maximum Gasteiger partial charge on any atom is 0.308 e. The molecule has 1 amide bonds. The van der Waals surface area contributed by atoms with E-state index in [1.807, 2.05) is 38.1 Å². The molecule has 0 aromatic heterocycles. The van der Waals surface area contributed by atoms with Gasteiger partial charge < -0.3 is 9.64 Å². The summed E-state index contributed by atoms with van der Waals surface area (Å²) in [6.45, 7) is 5.72. The first kappa shape index (κ1) is 15.8. The molecular weight excluding hydrogens is 278 g/mol. The van der Waals surface area contributed by atoms with E-state index in [4.69, 9.17) is 4.74 Å². The number of rotatable bonds is 4. The van der Waals surface area contributed by atoms with E-state index in [0.717, 1.165) is 11.3 Å². The van der Waals surface area contributed by atoms with E-state index in [2.05, 4.69) is 0 Å². The molecule has 4 nitrogen and oxygen atoms in total. The Kier molecular flexibility index (Phi) is 4.94. The highest BCUT2D eigenvalue weighted by Gasteiger charge is 2.21. The van der Waals surface area contributed by atoms with Gasteiger partial charge in [0.25, 0.3) is 5.91 Å². The highest BCUT2D eigenvalue weighted by molar-refractivity contribution is 6.08. The Morgan fingerprint density at radius 3 is 2.32 bits per heavy atom. The maximum absolute atomic E-state index is 12.9. The molecule has 0 spiro atoms. The van der Waals surface area contributed by atoms with Gasteiger partial charge in [0.05, 0.1) is 5.56 Å². The lowest BCUT2D eigenvalue weighted by atomic mass is 10.1. The Morgan fingerprint density at radius 2 is 1.68 bits per heavy atom. The fraction of sp³-hybridized carbons (Fsp3) is 0.222. The van der Waals surface area contributed by atoms with E-state index in [1.165, 1.54) is 6.92 Å². The van der Waals surface area contributed by atoms with Gasteiger partial charge in [-0.05, 0) is 37.6 Å². The average molecular weight is 297 g/mol. The molecule has 2 aromatic carbocycles. The highest BCUT2D eigenvalue weighted by atomic mass is 16.5. The number of hydrogen-bond acceptors (Lipinski definition) is 3. The van der Waals surface area contributed by atoms with Crippen LogP contribution in [0, 0.1) is 6.92 Å². The summed E-state index contributed by atoms with van der Waals surface area (Å²) in [7, 11) is 0. The summed E-state index contributed by atoms with van der Waals surface area (Å²) in [6, 6.07) is 14.5. The Balaban J connectivity index is 2.42. The van der Waals surface area contributed by atoms with Crippen LogP contribution in [0.4, 0.5) is 5.69 Å². The smallest absolute Gasteiger partial charge is 0.308 e. The molecule has 2 aromatic rings. The lowest BCUT2D eigenvalue weighted by Gasteiger charge is -2.23. The van der Waals surface area contributed by atoms with Gasteiger partial charge in [-0.2, -0.15) is 0 Å². The lowest BCUT2D eigenvalue weighted by Crippen LogP contribution is -2.31. The van der Waals surface area contributed by atoms with Crippen LogP contribution >= 0.6 is 0 Å². The third-order valence-electron chi connectivity index (χ3n) is 3.34. The van der Waals surface area contributed by atoms with Crippen LogP contribution in [0.25, 0.3) is 0 Å². The predicted octanol–water partition coefficient (Wildman–Crippen LogP) is 3.59. The maximum atomic E-state index is 12.9. The summed E-state index contributed by atoms with van der Waals surface area (Å²) in [5, 5.41) is 0. The number of carbonyl (C=O) groups is 2. The molecule has 0 aliphatic heterocycles. The minimum absolute atomic E-state index is 0.186. The Hall–Kier alpha value is -2.62. The summed E-state index contributed by atoms with van der Waals surface area (Å²) in [5.41, 5.74) is 2.25. The van der Waals surface area contributed by atoms with Gasteiger partial charge in [-0.1, -0.05) is 30.3 Å². The largest absolute Gasteiger partial charge is 0.426 e. The van der Waals surface area contributed by atoms with Crippen molar-refractivity contribution < 1.29 is 14.3 Å². The van der Waals surface area contributed by atoms with Gasteiger partial charge in [-0.3, -0.25) is 9.59 Å². The standard InChI is InChI=1S/C18H19NO3/c1-4-19(16-11-7-5-9-13(16)2)18(21)15-10-6-8-12-17(15)22-14(3)20/h5-12H,4H2,1-3H3. The SMILES string of the molecule is CCN(C(=O)c1ccccc1OC(C)=O)c1ccccc1C. The van der Waals surface area contributed by atoms with Crippen molar-refractivity contribution in [3.63, 3.8) is 0 Å². The number of aryl methyl sites for hydroxylation is 1. The molecule has 0 N–H and O–H groups in total. The highest BCUT2D eigenvalue weighted by Crippen LogP contribution is 2.25. The van der Waals surface area contributed by atoms with E-state index in [-0.39, 0.29) is 11.7 Å².